The SMILES string of the molecule is C=CC1=C(/C=C(\C)NC(=O)c2cc3cc(C#N)ncc3[nH]2)C(=O)NCCS1. The van der Waals surface area contributed by atoms with Crippen LogP contribution >= 0.6 is 11.8 Å². The summed E-state index contributed by atoms with van der Waals surface area (Å²) in [6, 6.07) is 5.23. The van der Waals surface area contributed by atoms with Crippen molar-refractivity contribution in [3.8, 4) is 6.07 Å². The van der Waals surface area contributed by atoms with E-state index in [1.165, 1.54) is 6.20 Å². The Balaban J connectivity index is 1.83. The van der Waals surface area contributed by atoms with Crippen LogP contribution in [0.3, 0.4) is 0 Å². The maximum Gasteiger partial charge on any atom is 0.271 e. The zero-order valence-electron chi connectivity index (χ0n) is 14.6. The molecule has 0 atom stereocenters. The third kappa shape index (κ3) is 4.10. The molecule has 3 heterocycles. The summed E-state index contributed by atoms with van der Waals surface area (Å²) in [5, 5.41) is 15.2. The number of thioether (sulfide) groups is 1. The molecule has 136 valence electrons. The van der Waals surface area contributed by atoms with Gasteiger partial charge in [-0.3, -0.25) is 9.59 Å². The molecule has 0 radical (unpaired) electrons. The number of amides is 2. The van der Waals surface area contributed by atoms with Crippen LogP contribution in [0.4, 0.5) is 0 Å². The van der Waals surface area contributed by atoms with E-state index in [2.05, 4.69) is 27.2 Å². The molecule has 3 rings (SSSR count). The fourth-order valence-corrected chi connectivity index (χ4v) is 3.48. The highest BCUT2D eigenvalue weighted by Crippen LogP contribution is 2.24. The first-order valence-electron chi connectivity index (χ1n) is 8.18. The molecule has 27 heavy (non-hydrogen) atoms. The molecule has 0 unspecified atom stereocenters. The highest BCUT2D eigenvalue weighted by molar-refractivity contribution is 8.03. The van der Waals surface area contributed by atoms with Gasteiger partial charge in [0.15, 0.2) is 0 Å². The van der Waals surface area contributed by atoms with Crippen LogP contribution in [0, 0.1) is 11.3 Å². The predicted molar refractivity (Wildman–Crippen MR) is 105 cm³/mol. The minimum atomic E-state index is -0.346. The summed E-state index contributed by atoms with van der Waals surface area (Å²) in [5.74, 6) is 0.231. The van der Waals surface area contributed by atoms with Crippen molar-refractivity contribution in [2.75, 3.05) is 12.3 Å². The van der Waals surface area contributed by atoms with E-state index in [0.29, 0.717) is 29.0 Å². The number of hydrogen-bond donors (Lipinski definition) is 3. The Labute approximate surface area is 160 Å². The van der Waals surface area contributed by atoms with E-state index < -0.39 is 0 Å². The van der Waals surface area contributed by atoms with E-state index in [-0.39, 0.29) is 17.5 Å². The summed E-state index contributed by atoms with van der Waals surface area (Å²) in [5.41, 5.74) is 2.29. The topological polar surface area (TPSA) is 111 Å². The largest absolute Gasteiger partial charge is 0.351 e. The Morgan fingerprint density at radius 3 is 3.04 bits per heavy atom. The molecule has 0 saturated heterocycles. The van der Waals surface area contributed by atoms with Crippen LogP contribution in [0.5, 0.6) is 0 Å². The number of fused-ring (bicyclic) bond motifs is 1. The van der Waals surface area contributed by atoms with Gasteiger partial charge in [-0.05, 0) is 25.1 Å². The first-order valence-corrected chi connectivity index (χ1v) is 9.16. The maximum absolute atomic E-state index is 12.5. The molecule has 0 fully saturated rings. The molecule has 2 aromatic heterocycles. The molecule has 1 aliphatic heterocycles. The number of carbonyl (C=O) groups is 2. The van der Waals surface area contributed by atoms with Gasteiger partial charge in [0.2, 0.25) is 0 Å². The van der Waals surface area contributed by atoms with Crippen molar-refractivity contribution in [3.63, 3.8) is 0 Å². The molecule has 0 saturated carbocycles. The first-order chi connectivity index (χ1) is 13.0. The van der Waals surface area contributed by atoms with Gasteiger partial charge in [-0.1, -0.05) is 12.7 Å². The second kappa shape index (κ2) is 7.93. The van der Waals surface area contributed by atoms with E-state index >= 15 is 0 Å². The van der Waals surface area contributed by atoms with Gasteiger partial charge in [0, 0.05) is 28.3 Å². The van der Waals surface area contributed by atoms with Crippen molar-refractivity contribution in [3.05, 3.63) is 64.6 Å². The number of rotatable bonds is 4. The van der Waals surface area contributed by atoms with Gasteiger partial charge in [-0.2, -0.15) is 5.26 Å². The molecule has 3 N–H and O–H groups in total. The van der Waals surface area contributed by atoms with E-state index in [1.807, 2.05) is 6.07 Å². The fourth-order valence-electron chi connectivity index (χ4n) is 2.63. The van der Waals surface area contributed by atoms with Crippen LogP contribution in [0.1, 0.15) is 23.1 Å². The van der Waals surface area contributed by atoms with Crippen LogP contribution in [-0.4, -0.2) is 34.1 Å². The number of allylic oxidation sites excluding steroid dienone is 2. The second-order valence-corrected chi connectivity index (χ2v) is 6.96. The molecule has 0 aliphatic carbocycles. The molecule has 0 aromatic carbocycles. The number of pyridine rings is 1. The number of carbonyl (C=O) groups excluding carboxylic acids is 2. The van der Waals surface area contributed by atoms with Crippen molar-refractivity contribution >= 4 is 34.5 Å². The van der Waals surface area contributed by atoms with Crippen molar-refractivity contribution in [1.82, 2.24) is 20.6 Å². The van der Waals surface area contributed by atoms with Crippen LogP contribution in [0.15, 0.2) is 53.2 Å². The van der Waals surface area contributed by atoms with Gasteiger partial charge >= 0.3 is 0 Å². The molecule has 2 aromatic rings. The monoisotopic (exact) mass is 379 g/mol. The minimum Gasteiger partial charge on any atom is -0.351 e. The Kier molecular flexibility index (Phi) is 5.43. The quantitative estimate of drug-likeness (QED) is 0.755. The second-order valence-electron chi connectivity index (χ2n) is 5.82. The zero-order chi connectivity index (χ0) is 19.4. The van der Waals surface area contributed by atoms with E-state index in [9.17, 15) is 9.59 Å². The summed E-state index contributed by atoms with van der Waals surface area (Å²) >= 11 is 1.54. The molecule has 1 aliphatic rings. The minimum absolute atomic E-state index is 0.191. The Morgan fingerprint density at radius 2 is 2.30 bits per heavy atom. The van der Waals surface area contributed by atoms with E-state index in [4.69, 9.17) is 5.26 Å². The number of aromatic nitrogens is 2. The molecule has 8 heteroatoms. The van der Waals surface area contributed by atoms with Gasteiger partial charge in [0.05, 0.1) is 17.3 Å². The Hall–Kier alpha value is -3.31. The lowest BCUT2D eigenvalue weighted by Crippen LogP contribution is -2.26. The van der Waals surface area contributed by atoms with Crippen molar-refractivity contribution in [2.45, 2.75) is 6.92 Å². The average molecular weight is 379 g/mol. The summed E-state index contributed by atoms with van der Waals surface area (Å²) in [4.78, 5) is 32.5. The van der Waals surface area contributed by atoms with Gasteiger partial charge in [0.25, 0.3) is 11.8 Å². The van der Waals surface area contributed by atoms with Gasteiger partial charge in [-0.25, -0.2) is 4.98 Å². The summed E-state index contributed by atoms with van der Waals surface area (Å²) in [7, 11) is 0. The van der Waals surface area contributed by atoms with E-state index in [1.54, 1.807) is 43.0 Å². The number of aromatic amines is 1. The van der Waals surface area contributed by atoms with Crippen molar-refractivity contribution in [1.29, 1.82) is 5.26 Å². The normalized spacial score (nSPS) is 15.1. The van der Waals surface area contributed by atoms with Crippen molar-refractivity contribution < 1.29 is 9.59 Å². The molecule has 0 bridgehead atoms. The number of hydrogen-bond acceptors (Lipinski definition) is 5. The third-order valence-electron chi connectivity index (χ3n) is 3.88. The smallest absolute Gasteiger partial charge is 0.271 e. The predicted octanol–water partition coefficient (Wildman–Crippen LogP) is 2.37. The van der Waals surface area contributed by atoms with Crippen LogP contribution in [0.2, 0.25) is 0 Å². The molecule has 0 spiro atoms. The standard InChI is InChI=1S/C19H17N5O2S/c1-3-17-14(18(25)21-4-5-27-17)6-11(2)23-19(26)15-8-12-7-13(9-20)22-10-16(12)24-15/h3,6-8,10,24H,1,4-5H2,2H3,(H,21,25)(H,23,26)/b11-6+. The lowest BCUT2D eigenvalue weighted by molar-refractivity contribution is -0.117. The summed E-state index contributed by atoms with van der Waals surface area (Å²) < 4.78 is 0. The summed E-state index contributed by atoms with van der Waals surface area (Å²) in [6.07, 6.45) is 4.80. The Bertz CT molecular complexity index is 1040. The van der Waals surface area contributed by atoms with Crippen molar-refractivity contribution in [2.24, 2.45) is 0 Å². The highest BCUT2D eigenvalue weighted by Gasteiger charge is 2.17. The lowest BCUT2D eigenvalue weighted by atomic mass is 10.2. The fraction of sp³-hybridized carbons (Fsp3) is 0.158. The Morgan fingerprint density at radius 1 is 1.48 bits per heavy atom. The van der Waals surface area contributed by atoms with Crippen LogP contribution in [-0.2, 0) is 4.79 Å². The van der Waals surface area contributed by atoms with Crippen LogP contribution < -0.4 is 10.6 Å². The number of H-pyrrole nitrogens is 1. The molecule has 2 amide bonds. The maximum atomic E-state index is 12.5. The number of nitriles is 1. The lowest BCUT2D eigenvalue weighted by Gasteiger charge is -2.07. The molecule has 7 nitrogen and oxygen atoms in total. The highest BCUT2D eigenvalue weighted by atomic mass is 32.2. The summed E-state index contributed by atoms with van der Waals surface area (Å²) in [6.45, 7) is 6.05. The number of nitrogens with zero attached hydrogens (tertiary/aromatic N) is 2. The van der Waals surface area contributed by atoms with Crippen LogP contribution in [0.25, 0.3) is 10.9 Å². The first kappa shape index (κ1) is 18.5. The molecular weight excluding hydrogens is 362 g/mol. The third-order valence-corrected chi connectivity index (χ3v) is 4.98. The average Bonchev–Trinajstić information content (AvgIpc) is 3.01. The van der Waals surface area contributed by atoms with Gasteiger partial charge in [0.1, 0.15) is 17.5 Å². The zero-order valence-corrected chi connectivity index (χ0v) is 15.4. The van der Waals surface area contributed by atoms with E-state index in [0.717, 1.165) is 16.0 Å². The van der Waals surface area contributed by atoms with Gasteiger partial charge < -0.3 is 15.6 Å². The van der Waals surface area contributed by atoms with Gasteiger partial charge in [-0.15, -0.1) is 11.8 Å². The molecular formula is C19H17N5O2S. The number of nitrogens with one attached hydrogen (secondary N) is 3.